The molecule has 5 nitrogen and oxygen atoms in total. The first-order valence-corrected chi connectivity index (χ1v) is 9.89. The lowest BCUT2D eigenvalue weighted by Gasteiger charge is -2.18. The Kier molecular flexibility index (Phi) is 6.08. The minimum Gasteiger partial charge on any atom is -0.354 e. The second-order valence-electron chi connectivity index (χ2n) is 6.27. The molecule has 0 aromatic heterocycles. The molecule has 7 heteroatoms. The minimum absolute atomic E-state index is 0.0749. The van der Waals surface area contributed by atoms with Crippen LogP contribution in [0.25, 0.3) is 0 Å². The van der Waals surface area contributed by atoms with Gasteiger partial charge in [0, 0.05) is 17.8 Å². The fraction of sp³-hybridized carbons (Fsp3) is 0.190. The molecule has 3 rings (SSSR count). The van der Waals surface area contributed by atoms with E-state index in [4.69, 9.17) is 11.6 Å². The number of hydrogen-bond acceptors (Lipinski definition) is 4. The van der Waals surface area contributed by atoms with Crippen molar-refractivity contribution in [1.29, 1.82) is 5.26 Å². The highest BCUT2D eigenvalue weighted by Gasteiger charge is 2.40. The van der Waals surface area contributed by atoms with Gasteiger partial charge in [0.25, 0.3) is 5.91 Å². The Morgan fingerprint density at radius 3 is 2.61 bits per heavy atom. The van der Waals surface area contributed by atoms with Gasteiger partial charge in [0.2, 0.25) is 5.91 Å². The van der Waals surface area contributed by atoms with Crippen molar-refractivity contribution in [3.63, 3.8) is 0 Å². The summed E-state index contributed by atoms with van der Waals surface area (Å²) < 4.78 is 0. The average molecular weight is 412 g/mol. The molecule has 1 atom stereocenters. The third-order valence-electron chi connectivity index (χ3n) is 4.40. The Hall–Kier alpha value is -2.75. The molecule has 1 aliphatic rings. The maximum atomic E-state index is 13.2. The van der Waals surface area contributed by atoms with Crippen LogP contribution >= 0.6 is 23.4 Å². The fourth-order valence-corrected chi connectivity index (χ4v) is 4.41. The van der Waals surface area contributed by atoms with E-state index in [0.29, 0.717) is 22.2 Å². The molecular weight excluding hydrogens is 394 g/mol. The number of carbonyl (C=O) groups excluding carboxylic acids is 2. The number of nitrogens with zero attached hydrogens (tertiary/aromatic N) is 2. The summed E-state index contributed by atoms with van der Waals surface area (Å²) in [6, 6.07) is 16.7. The van der Waals surface area contributed by atoms with Crippen LogP contribution in [0.3, 0.4) is 0 Å². The predicted molar refractivity (Wildman–Crippen MR) is 112 cm³/mol. The molecule has 2 aromatic rings. The summed E-state index contributed by atoms with van der Waals surface area (Å²) in [6.07, 6.45) is 0.447. The molecule has 1 aliphatic heterocycles. The number of nitriles is 1. The number of benzene rings is 2. The standard InChI is InChI=1S/C21H18ClN3O2S/c1-13-8-9-14(10-17(13)22)11-18-20(27)25(15-6-4-3-5-7-15)21(28-18)16(12-23)19(26)24-2/h3-10,18H,11H2,1-2H3,(H,24,26)/b21-16+/t18-/m0/s1. The van der Waals surface area contributed by atoms with Gasteiger partial charge in [-0.25, -0.2) is 0 Å². The summed E-state index contributed by atoms with van der Waals surface area (Å²) in [5.74, 6) is -0.683. The summed E-state index contributed by atoms with van der Waals surface area (Å²) in [5.41, 5.74) is 2.44. The molecular formula is C21H18ClN3O2S. The zero-order valence-corrected chi connectivity index (χ0v) is 17.0. The Bertz CT molecular complexity index is 998. The highest BCUT2D eigenvalue weighted by Crippen LogP contribution is 2.42. The Morgan fingerprint density at radius 2 is 2.00 bits per heavy atom. The maximum Gasteiger partial charge on any atom is 0.264 e. The van der Waals surface area contributed by atoms with E-state index in [2.05, 4.69) is 5.32 Å². The zero-order chi connectivity index (χ0) is 20.3. The molecule has 0 radical (unpaired) electrons. The number of rotatable bonds is 4. The summed E-state index contributed by atoms with van der Waals surface area (Å²) in [6.45, 7) is 1.92. The van der Waals surface area contributed by atoms with Crippen molar-refractivity contribution in [3.05, 3.63) is 75.3 Å². The zero-order valence-electron chi connectivity index (χ0n) is 15.4. The molecule has 0 spiro atoms. The van der Waals surface area contributed by atoms with Gasteiger partial charge in [-0.05, 0) is 42.7 Å². The summed E-state index contributed by atoms with van der Waals surface area (Å²) in [4.78, 5) is 26.9. The first-order chi connectivity index (χ1) is 13.5. The van der Waals surface area contributed by atoms with Crippen LogP contribution in [0.4, 0.5) is 5.69 Å². The van der Waals surface area contributed by atoms with Crippen LogP contribution < -0.4 is 10.2 Å². The van der Waals surface area contributed by atoms with Crippen LogP contribution in [0.1, 0.15) is 11.1 Å². The molecule has 142 valence electrons. The third-order valence-corrected chi connectivity index (χ3v) is 6.07. The van der Waals surface area contributed by atoms with Crippen LogP contribution in [0, 0.1) is 18.3 Å². The number of para-hydroxylation sites is 1. The molecule has 2 aromatic carbocycles. The Balaban J connectivity index is 2.02. The third kappa shape index (κ3) is 3.91. The van der Waals surface area contributed by atoms with Crippen LogP contribution in [-0.2, 0) is 16.0 Å². The molecule has 1 heterocycles. The monoisotopic (exact) mass is 411 g/mol. The summed E-state index contributed by atoms with van der Waals surface area (Å²) >= 11 is 7.45. The van der Waals surface area contributed by atoms with Gasteiger partial charge >= 0.3 is 0 Å². The van der Waals surface area contributed by atoms with E-state index in [9.17, 15) is 14.9 Å². The number of hydrogen-bond donors (Lipinski definition) is 1. The molecule has 28 heavy (non-hydrogen) atoms. The van der Waals surface area contributed by atoms with Crippen molar-refractivity contribution in [2.24, 2.45) is 0 Å². The maximum absolute atomic E-state index is 13.2. The number of anilines is 1. The lowest BCUT2D eigenvalue weighted by Crippen LogP contribution is -2.31. The van der Waals surface area contributed by atoms with E-state index >= 15 is 0 Å². The van der Waals surface area contributed by atoms with Gasteiger partial charge in [0.1, 0.15) is 16.7 Å². The Morgan fingerprint density at radius 1 is 1.29 bits per heavy atom. The molecule has 0 unspecified atom stereocenters. The smallest absolute Gasteiger partial charge is 0.264 e. The number of aryl methyl sites for hydroxylation is 1. The molecule has 2 amide bonds. The topological polar surface area (TPSA) is 73.2 Å². The fourth-order valence-electron chi connectivity index (χ4n) is 2.90. The molecule has 1 fully saturated rings. The Labute approximate surface area is 173 Å². The van der Waals surface area contributed by atoms with Gasteiger partial charge in [0.15, 0.2) is 0 Å². The predicted octanol–water partition coefficient (Wildman–Crippen LogP) is 3.82. The lowest BCUT2D eigenvalue weighted by atomic mass is 10.1. The number of likely N-dealkylation sites (N-methyl/N-ethyl adjacent to an activating group) is 1. The normalized spacial score (nSPS) is 18.0. The van der Waals surface area contributed by atoms with Gasteiger partial charge in [0.05, 0.1) is 5.25 Å². The van der Waals surface area contributed by atoms with Gasteiger partial charge in [-0.3, -0.25) is 14.5 Å². The van der Waals surface area contributed by atoms with E-state index < -0.39 is 11.2 Å². The quantitative estimate of drug-likeness (QED) is 0.613. The molecule has 0 aliphatic carbocycles. The van der Waals surface area contributed by atoms with Crippen LogP contribution in [0.15, 0.2) is 59.1 Å². The molecule has 0 bridgehead atoms. The van der Waals surface area contributed by atoms with E-state index in [1.54, 1.807) is 12.1 Å². The number of thioether (sulfide) groups is 1. The van der Waals surface area contributed by atoms with Crippen molar-refractivity contribution in [2.45, 2.75) is 18.6 Å². The first-order valence-electron chi connectivity index (χ1n) is 8.63. The average Bonchev–Trinajstić information content (AvgIpc) is 3.01. The van der Waals surface area contributed by atoms with Crippen LogP contribution in [0.5, 0.6) is 0 Å². The van der Waals surface area contributed by atoms with Gasteiger partial charge in [-0.2, -0.15) is 5.26 Å². The van der Waals surface area contributed by atoms with Crippen molar-refractivity contribution < 1.29 is 9.59 Å². The van der Waals surface area contributed by atoms with E-state index in [1.807, 2.05) is 49.4 Å². The number of halogens is 1. The summed E-state index contributed by atoms with van der Waals surface area (Å²) in [5, 5.41) is 12.6. The first kappa shape index (κ1) is 20.0. The molecule has 0 saturated carbocycles. The SMILES string of the molecule is CNC(=O)/C(C#N)=C1/S[C@@H](Cc2ccc(C)c(Cl)c2)C(=O)N1c1ccccc1. The van der Waals surface area contributed by atoms with E-state index in [-0.39, 0.29) is 11.5 Å². The molecule has 1 N–H and O–H groups in total. The second-order valence-corrected chi connectivity index (χ2v) is 7.87. The number of amides is 2. The minimum atomic E-state index is -0.516. The molecule has 1 saturated heterocycles. The van der Waals surface area contributed by atoms with Crippen molar-refractivity contribution in [1.82, 2.24) is 5.32 Å². The van der Waals surface area contributed by atoms with E-state index in [0.717, 1.165) is 11.1 Å². The highest BCUT2D eigenvalue weighted by atomic mass is 35.5. The lowest BCUT2D eigenvalue weighted by molar-refractivity contribution is -0.117. The van der Waals surface area contributed by atoms with Crippen LogP contribution in [-0.4, -0.2) is 24.1 Å². The van der Waals surface area contributed by atoms with Gasteiger partial charge < -0.3 is 5.32 Å². The van der Waals surface area contributed by atoms with Crippen molar-refractivity contribution >= 4 is 40.9 Å². The van der Waals surface area contributed by atoms with Gasteiger partial charge in [-0.1, -0.05) is 53.7 Å². The summed E-state index contributed by atoms with van der Waals surface area (Å²) in [7, 11) is 1.46. The number of carbonyl (C=O) groups is 2. The highest BCUT2D eigenvalue weighted by molar-refractivity contribution is 8.05. The van der Waals surface area contributed by atoms with Crippen molar-refractivity contribution in [3.8, 4) is 6.07 Å². The largest absolute Gasteiger partial charge is 0.354 e. The second kappa shape index (κ2) is 8.51. The van der Waals surface area contributed by atoms with Crippen molar-refractivity contribution in [2.75, 3.05) is 11.9 Å². The van der Waals surface area contributed by atoms with E-state index in [1.165, 1.54) is 23.7 Å². The van der Waals surface area contributed by atoms with Crippen LogP contribution in [0.2, 0.25) is 5.02 Å². The number of nitrogens with one attached hydrogen (secondary N) is 1. The van der Waals surface area contributed by atoms with Gasteiger partial charge in [-0.15, -0.1) is 0 Å².